The van der Waals surface area contributed by atoms with Crippen molar-refractivity contribution >= 4 is 33.2 Å². The van der Waals surface area contributed by atoms with Crippen molar-refractivity contribution in [2.75, 3.05) is 13.1 Å². The van der Waals surface area contributed by atoms with Crippen LogP contribution in [0.2, 0.25) is 0 Å². The number of hydrogen-bond donors (Lipinski definition) is 1. The molecular weight excluding hydrogens is 348 g/mol. The summed E-state index contributed by atoms with van der Waals surface area (Å²) in [6, 6.07) is 14.1. The highest BCUT2D eigenvalue weighted by atomic mass is 79.9. The van der Waals surface area contributed by atoms with E-state index in [2.05, 4.69) is 39.1 Å². The highest BCUT2D eigenvalue weighted by molar-refractivity contribution is 9.11. The number of nitrogens with zero attached hydrogens (tertiary/aromatic N) is 1. The molecule has 3 nitrogen and oxygen atoms in total. The minimum absolute atomic E-state index is 0.0660. The van der Waals surface area contributed by atoms with Gasteiger partial charge in [-0.25, -0.2) is 0 Å². The molecule has 0 spiro atoms. The quantitative estimate of drug-likeness (QED) is 0.810. The Morgan fingerprint density at radius 2 is 2.00 bits per heavy atom. The first kappa shape index (κ1) is 16.2. The lowest BCUT2D eigenvalue weighted by Gasteiger charge is -2.19. The van der Waals surface area contributed by atoms with Crippen molar-refractivity contribution in [2.45, 2.75) is 20.0 Å². The lowest BCUT2D eigenvalue weighted by molar-refractivity contribution is -0.122. The smallest absolute Gasteiger partial charge is 0.234 e. The average Bonchev–Trinajstić information content (AvgIpc) is 2.90. The Kier molecular flexibility index (Phi) is 6.42. The number of rotatable bonds is 7. The Bertz CT molecular complexity index is 571. The van der Waals surface area contributed by atoms with Gasteiger partial charge in [-0.1, -0.05) is 37.3 Å². The van der Waals surface area contributed by atoms with Crippen LogP contribution in [0, 0.1) is 0 Å². The van der Waals surface area contributed by atoms with Gasteiger partial charge in [0.25, 0.3) is 0 Å². The third kappa shape index (κ3) is 5.61. The Balaban J connectivity index is 1.79. The number of nitrogens with one attached hydrogen (secondary N) is 1. The molecular formula is C16H19BrN2OS. The van der Waals surface area contributed by atoms with Gasteiger partial charge >= 0.3 is 0 Å². The van der Waals surface area contributed by atoms with Crippen LogP contribution in [0.4, 0.5) is 0 Å². The number of carbonyl (C=O) groups is 1. The van der Waals surface area contributed by atoms with Crippen molar-refractivity contribution in [1.29, 1.82) is 0 Å². The number of carbonyl (C=O) groups excluding carboxylic acids is 1. The summed E-state index contributed by atoms with van der Waals surface area (Å²) in [5.74, 6) is 0.0660. The van der Waals surface area contributed by atoms with Gasteiger partial charge in [0, 0.05) is 18.0 Å². The Morgan fingerprint density at radius 3 is 2.62 bits per heavy atom. The molecule has 0 aliphatic rings. The maximum absolute atomic E-state index is 12.0. The zero-order chi connectivity index (χ0) is 15.1. The topological polar surface area (TPSA) is 32.3 Å². The first-order valence-corrected chi connectivity index (χ1v) is 8.55. The Labute approximate surface area is 138 Å². The van der Waals surface area contributed by atoms with E-state index in [0.29, 0.717) is 13.1 Å². The predicted octanol–water partition coefficient (Wildman–Crippen LogP) is 3.65. The fraction of sp³-hybridized carbons (Fsp3) is 0.312. The van der Waals surface area contributed by atoms with Crippen molar-refractivity contribution in [1.82, 2.24) is 10.2 Å². The standard InChI is InChI=1S/C16H19BrN2OS/c1-2-19(11-14-8-9-15(17)21-14)12-16(20)18-10-13-6-4-3-5-7-13/h3-9H,2,10-12H2,1H3,(H,18,20). The van der Waals surface area contributed by atoms with E-state index in [-0.39, 0.29) is 5.91 Å². The first-order chi connectivity index (χ1) is 10.2. The average molecular weight is 367 g/mol. The molecule has 1 amide bonds. The second kappa shape index (κ2) is 8.32. The minimum Gasteiger partial charge on any atom is -0.351 e. The highest BCUT2D eigenvalue weighted by Gasteiger charge is 2.10. The molecule has 1 N–H and O–H groups in total. The lowest BCUT2D eigenvalue weighted by Crippen LogP contribution is -2.36. The van der Waals surface area contributed by atoms with Gasteiger partial charge in [-0.15, -0.1) is 11.3 Å². The SMILES string of the molecule is CCN(CC(=O)NCc1ccccc1)Cc1ccc(Br)s1. The predicted molar refractivity (Wildman–Crippen MR) is 91.3 cm³/mol. The van der Waals surface area contributed by atoms with Gasteiger partial charge in [0.15, 0.2) is 0 Å². The molecule has 0 saturated heterocycles. The van der Waals surface area contributed by atoms with Gasteiger partial charge < -0.3 is 5.32 Å². The van der Waals surface area contributed by atoms with Gasteiger partial charge in [0.2, 0.25) is 5.91 Å². The number of hydrogen-bond acceptors (Lipinski definition) is 3. The van der Waals surface area contributed by atoms with E-state index < -0.39 is 0 Å². The molecule has 0 saturated carbocycles. The molecule has 0 fully saturated rings. The van der Waals surface area contributed by atoms with Gasteiger partial charge in [-0.2, -0.15) is 0 Å². The Hall–Kier alpha value is -1.17. The third-order valence-corrected chi connectivity index (χ3v) is 4.76. The van der Waals surface area contributed by atoms with Crippen LogP contribution in [0.15, 0.2) is 46.3 Å². The van der Waals surface area contributed by atoms with E-state index in [1.165, 1.54) is 4.88 Å². The summed E-state index contributed by atoms with van der Waals surface area (Å²) < 4.78 is 1.13. The van der Waals surface area contributed by atoms with Crippen molar-refractivity contribution in [2.24, 2.45) is 0 Å². The third-order valence-electron chi connectivity index (χ3n) is 3.16. The molecule has 1 heterocycles. The molecule has 1 aromatic carbocycles. The summed E-state index contributed by atoms with van der Waals surface area (Å²) in [7, 11) is 0. The molecule has 0 atom stereocenters. The largest absolute Gasteiger partial charge is 0.351 e. The second-order valence-corrected chi connectivity index (χ2v) is 7.32. The van der Waals surface area contributed by atoms with E-state index in [1.54, 1.807) is 11.3 Å². The molecule has 0 bridgehead atoms. The van der Waals surface area contributed by atoms with Crippen LogP contribution in [-0.4, -0.2) is 23.9 Å². The van der Waals surface area contributed by atoms with Crippen LogP contribution in [0.5, 0.6) is 0 Å². The van der Waals surface area contributed by atoms with Crippen molar-refractivity contribution in [3.63, 3.8) is 0 Å². The normalized spacial score (nSPS) is 10.8. The molecule has 112 valence electrons. The van der Waals surface area contributed by atoms with Crippen LogP contribution in [0.1, 0.15) is 17.4 Å². The molecule has 5 heteroatoms. The number of thiophene rings is 1. The zero-order valence-electron chi connectivity index (χ0n) is 12.0. The fourth-order valence-corrected chi connectivity index (χ4v) is 3.52. The summed E-state index contributed by atoms with van der Waals surface area (Å²) in [5.41, 5.74) is 1.12. The van der Waals surface area contributed by atoms with Crippen molar-refractivity contribution in [3.8, 4) is 0 Å². The highest BCUT2D eigenvalue weighted by Crippen LogP contribution is 2.23. The lowest BCUT2D eigenvalue weighted by atomic mass is 10.2. The molecule has 0 aliphatic carbocycles. The number of benzene rings is 1. The van der Waals surface area contributed by atoms with Crippen LogP contribution < -0.4 is 5.32 Å². The van der Waals surface area contributed by atoms with E-state index in [9.17, 15) is 4.79 Å². The van der Waals surface area contributed by atoms with Gasteiger partial charge in [-0.05, 0) is 40.2 Å². The summed E-state index contributed by atoms with van der Waals surface area (Å²) >= 11 is 5.18. The van der Waals surface area contributed by atoms with E-state index in [4.69, 9.17) is 0 Å². The summed E-state index contributed by atoms with van der Waals surface area (Å²) in [6.45, 7) is 4.76. The summed E-state index contributed by atoms with van der Waals surface area (Å²) in [6.07, 6.45) is 0. The van der Waals surface area contributed by atoms with E-state index in [0.717, 1.165) is 22.4 Å². The molecule has 2 rings (SSSR count). The first-order valence-electron chi connectivity index (χ1n) is 6.94. The van der Waals surface area contributed by atoms with Crippen LogP contribution in [-0.2, 0) is 17.9 Å². The van der Waals surface area contributed by atoms with Crippen LogP contribution >= 0.6 is 27.3 Å². The summed E-state index contributed by atoms with van der Waals surface area (Å²) in [5, 5.41) is 2.97. The van der Waals surface area contributed by atoms with Crippen LogP contribution in [0.3, 0.4) is 0 Å². The van der Waals surface area contributed by atoms with Gasteiger partial charge in [0.1, 0.15) is 0 Å². The van der Waals surface area contributed by atoms with Gasteiger partial charge in [-0.3, -0.25) is 9.69 Å². The second-order valence-electron chi connectivity index (χ2n) is 4.77. The molecule has 0 aliphatic heterocycles. The van der Waals surface area contributed by atoms with Crippen molar-refractivity contribution in [3.05, 3.63) is 56.7 Å². The zero-order valence-corrected chi connectivity index (χ0v) is 14.4. The van der Waals surface area contributed by atoms with E-state index >= 15 is 0 Å². The maximum Gasteiger partial charge on any atom is 0.234 e. The van der Waals surface area contributed by atoms with Crippen molar-refractivity contribution < 1.29 is 4.79 Å². The van der Waals surface area contributed by atoms with E-state index in [1.807, 2.05) is 36.4 Å². The maximum atomic E-state index is 12.0. The molecule has 0 unspecified atom stereocenters. The molecule has 0 radical (unpaired) electrons. The molecule has 21 heavy (non-hydrogen) atoms. The Morgan fingerprint density at radius 1 is 1.24 bits per heavy atom. The van der Waals surface area contributed by atoms with Gasteiger partial charge in [0.05, 0.1) is 10.3 Å². The minimum atomic E-state index is 0.0660. The monoisotopic (exact) mass is 366 g/mol. The van der Waals surface area contributed by atoms with Crippen LogP contribution in [0.25, 0.3) is 0 Å². The fourth-order valence-electron chi connectivity index (χ4n) is 1.99. The summed E-state index contributed by atoms with van der Waals surface area (Å²) in [4.78, 5) is 15.4. The number of halogens is 1. The molecule has 2 aromatic rings. The molecule has 1 aromatic heterocycles. The number of likely N-dealkylation sites (N-methyl/N-ethyl adjacent to an activating group) is 1. The number of amides is 1.